The number of carbonyl (C=O) groups is 2. The molecule has 1 atom stereocenters. The number of unbranched alkanes of at least 4 members (excludes halogenated alkanes) is 36. The molecule has 0 aliphatic heterocycles. The molecular weight excluding hydrogens is 1480 g/mol. The maximum atomic E-state index is 10.7. The maximum Gasteiger partial charge on any atom is 1.00 e. The molecule has 0 aromatic carbocycles. The molecule has 0 aliphatic carbocycles. The van der Waals surface area contributed by atoms with Crippen molar-refractivity contribution in [1.29, 1.82) is 5.26 Å². The number of halogens is 2. The third kappa shape index (κ3) is 95.0. The SMILES string of the molecule is CCCCCCCCCCCCSC(=S)SC(C)(C#N)CCC(=O)O.CCCCCCCCCCCCSC(=S)SSC(=S)SCCCCCCCCCCCC.CCCCCCCCCCCCSC(=S)[S-].CCOC(C)=O.II.[Na+]. The molecule has 480 valence electrons. The van der Waals surface area contributed by atoms with Gasteiger partial charge < -0.3 is 34.7 Å². The second-order valence-corrected chi connectivity index (χ2v) is 33.8. The molecule has 82 heavy (non-hydrogen) atoms. The first-order valence-corrected chi connectivity index (χ1v) is 46.7. The first kappa shape index (κ1) is 97.0. The predicted molar refractivity (Wildman–Crippen MR) is 419 cm³/mol. The fourth-order valence-corrected chi connectivity index (χ4v) is 17.0. The maximum absolute atomic E-state index is 10.7. The van der Waals surface area contributed by atoms with E-state index in [1.165, 1.54) is 281 Å². The van der Waals surface area contributed by atoms with Gasteiger partial charge in [0.2, 0.25) is 0 Å². The number of hydrogen-bond acceptors (Lipinski definition) is 16. The summed E-state index contributed by atoms with van der Waals surface area (Å²) < 4.78 is 7.20. The van der Waals surface area contributed by atoms with Crippen molar-refractivity contribution in [3.8, 4) is 6.07 Å². The van der Waals surface area contributed by atoms with Gasteiger partial charge in [0.1, 0.15) is 15.3 Å². The summed E-state index contributed by atoms with van der Waals surface area (Å²) >= 11 is 38.6. The van der Waals surface area contributed by atoms with E-state index in [0.29, 0.717) is 16.6 Å². The molecule has 0 aromatic heterocycles. The third-order valence-electron chi connectivity index (χ3n) is 12.8. The van der Waals surface area contributed by atoms with E-state index >= 15 is 0 Å². The number of carboxylic acids is 1. The number of thioether (sulfide) groups is 5. The molecule has 0 spiro atoms. The number of nitriles is 1. The van der Waals surface area contributed by atoms with Crippen LogP contribution in [0.15, 0.2) is 0 Å². The number of hydrogen-bond donors (Lipinski definition) is 1. The first-order valence-electron chi connectivity index (χ1n) is 31.5. The largest absolute Gasteiger partial charge is 1.00 e. The van der Waals surface area contributed by atoms with Crippen LogP contribution in [0.25, 0.3) is 0 Å². The van der Waals surface area contributed by atoms with Crippen molar-refractivity contribution in [1.82, 2.24) is 0 Å². The summed E-state index contributed by atoms with van der Waals surface area (Å²) in [5.74, 6) is 3.37. The van der Waals surface area contributed by atoms with Crippen LogP contribution in [0.4, 0.5) is 0 Å². The van der Waals surface area contributed by atoms with E-state index in [9.17, 15) is 14.9 Å². The van der Waals surface area contributed by atoms with Gasteiger partial charge in [-0.3, -0.25) is 9.59 Å². The number of rotatable bonds is 49. The molecule has 0 amide bonds. The summed E-state index contributed by atoms with van der Waals surface area (Å²) in [6, 6.07) is 2.21. The van der Waals surface area contributed by atoms with Crippen LogP contribution in [-0.4, -0.2) is 65.5 Å². The van der Waals surface area contributed by atoms with Crippen LogP contribution in [-0.2, 0) is 27.0 Å². The van der Waals surface area contributed by atoms with Gasteiger partial charge in [0, 0.05) is 50.6 Å². The van der Waals surface area contributed by atoms with E-state index in [1.54, 1.807) is 59.0 Å². The van der Waals surface area contributed by atoms with Crippen molar-refractivity contribution in [3.63, 3.8) is 0 Å². The standard InChI is InChI=1S/C26H50S6.C19H33NO2S3.C13H26S3.C4H8O2.I2.Na/c1-3-5-7-9-11-13-15-17-19-21-23-29-25(27)31-32-26(28)30-24-22-20-18-16-14-12-10-8-6-4-2;1-3-4-5-6-7-8-9-10-11-12-15-24-18(23)25-19(2,16-20)14-13-17(21)22;1-2-3-4-5-6-7-8-9-10-11-12-16-13(14)15;1-3-6-4(2)5;1-2;/h3-24H2,1-2H3;3-15H2,1-2H3,(H,21,22);2-12H2,1H3,(H,14,15);3H2,1-2H3;;/q;;;;;+1/p-1. The van der Waals surface area contributed by atoms with Gasteiger partial charge in [-0.2, -0.15) is 5.26 Å². The van der Waals surface area contributed by atoms with Gasteiger partial charge in [-0.1, -0.05) is 311 Å². The van der Waals surface area contributed by atoms with Crippen molar-refractivity contribution in [2.24, 2.45) is 0 Å². The second-order valence-electron chi connectivity index (χ2n) is 20.6. The molecule has 20 heteroatoms. The zero-order chi connectivity index (χ0) is 61.6. The van der Waals surface area contributed by atoms with Crippen molar-refractivity contribution >= 4 is 205 Å². The quantitative estimate of drug-likeness (QED) is 0.0119. The van der Waals surface area contributed by atoms with Gasteiger partial charge in [0.05, 0.1) is 12.7 Å². The molecule has 0 bridgehead atoms. The normalized spacial score (nSPS) is 11.1. The molecule has 0 heterocycles. The van der Waals surface area contributed by atoms with Crippen LogP contribution in [0.3, 0.4) is 0 Å². The van der Waals surface area contributed by atoms with Gasteiger partial charge in [0.25, 0.3) is 0 Å². The molecule has 0 radical (unpaired) electrons. The Balaban J connectivity index is -0.000000256. The number of nitrogens with zero attached hydrogens (tertiary/aromatic N) is 1. The monoisotopic (exact) mass is 1600 g/mol. The summed E-state index contributed by atoms with van der Waals surface area (Å²) in [4.78, 5) is 20.5. The fraction of sp³-hybridized carbons (Fsp3) is 0.887. The number of esters is 1. The van der Waals surface area contributed by atoms with E-state index in [0.717, 1.165) is 28.5 Å². The minimum absolute atomic E-state index is 0. The van der Waals surface area contributed by atoms with Crippen molar-refractivity contribution < 1.29 is 49.0 Å². The van der Waals surface area contributed by atoms with Crippen molar-refractivity contribution in [2.75, 3.05) is 29.6 Å². The Kier molecular flexibility index (Phi) is 100. The molecule has 0 saturated heterocycles. The van der Waals surface area contributed by atoms with E-state index in [4.69, 9.17) is 66.6 Å². The van der Waals surface area contributed by atoms with E-state index < -0.39 is 10.7 Å². The summed E-state index contributed by atoms with van der Waals surface area (Å²) in [6.07, 6.45) is 55.3. The second kappa shape index (κ2) is 84.9. The zero-order valence-corrected chi connectivity index (χ0v) is 69.1. The van der Waals surface area contributed by atoms with Gasteiger partial charge >= 0.3 is 41.5 Å². The van der Waals surface area contributed by atoms with Crippen LogP contribution >= 0.6 is 167 Å². The summed E-state index contributed by atoms with van der Waals surface area (Å²) in [5.41, 5.74) is 0. The minimum atomic E-state index is -0.869. The minimum Gasteiger partial charge on any atom is -0.481 e. The fourth-order valence-electron chi connectivity index (χ4n) is 7.99. The smallest absolute Gasteiger partial charge is 0.481 e. The number of ether oxygens (including phenoxy) is 1. The Labute approximate surface area is 609 Å². The van der Waals surface area contributed by atoms with Gasteiger partial charge in [-0.05, 0) is 90.6 Å². The number of carbonyl (C=O) groups excluding carboxylic acids is 1. The van der Waals surface area contributed by atoms with Crippen molar-refractivity contribution in [2.45, 2.75) is 323 Å². The summed E-state index contributed by atoms with van der Waals surface area (Å²) in [7, 11) is 3.40. The Morgan fingerprint density at radius 1 is 0.476 bits per heavy atom. The Morgan fingerprint density at radius 3 is 0.927 bits per heavy atom. The average molecular weight is 1600 g/mol. The molecule has 0 saturated carbocycles. The van der Waals surface area contributed by atoms with Crippen LogP contribution in [0, 0.1) is 11.3 Å². The van der Waals surface area contributed by atoms with Crippen LogP contribution < -0.4 is 29.6 Å². The zero-order valence-electron chi connectivity index (χ0n) is 53.0. The van der Waals surface area contributed by atoms with Gasteiger partial charge in [-0.25, -0.2) is 0 Å². The van der Waals surface area contributed by atoms with E-state index in [2.05, 4.69) is 75.7 Å². The van der Waals surface area contributed by atoms with E-state index in [-0.39, 0.29) is 41.9 Å². The number of carboxylic acid groups (broad SMARTS) is 1. The molecule has 0 aromatic rings. The van der Waals surface area contributed by atoms with Crippen molar-refractivity contribution in [3.05, 3.63) is 0 Å². The Bertz CT molecular complexity index is 1410. The summed E-state index contributed by atoms with van der Waals surface area (Å²) in [6.45, 7) is 14.5. The van der Waals surface area contributed by atoms with Crippen LogP contribution in [0.1, 0.15) is 318 Å². The van der Waals surface area contributed by atoms with E-state index in [1.807, 2.05) is 23.5 Å². The average Bonchev–Trinajstić information content (AvgIpc) is 3.44. The van der Waals surface area contributed by atoms with Gasteiger partial charge in [0.15, 0.2) is 0 Å². The molecule has 5 nitrogen and oxygen atoms in total. The Morgan fingerprint density at radius 2 is 0.720 bits per heavy atom. The first-order chi connectivity index (χ1) is 39.2. The molecule has 1 N–H and O–H groups in total. The van der Waals surface area contributed by atoms with Gasteiger partial charge in [-0.15, -0.1) is 47.0 Å². The number of aliphatic carboxylic acids is 1. The molecular formula is C62H116I2NNaO4S12. The molecule has 0 rings (SSSR count). The number of thiocarbonyl (C=S) groups is 4. The molecule has 1 unspecified atom stereocenters. The molecule has 0 fully saturated rings. The predicted octanol–water partition coefficient (Wildman–Crippen LogP) is 23.9. The summed E-state index contributed by atoms with van der Waals surface area (Å²) in [5, 5.41) is 18.0. The topological polar surface area (TPSA) is 87.4 Å². The Hall–Kier alpha value is 3.92. The van der Waals surface area contributed by atoms with Crippen LogP contribution in [0.5, 0.6) is 0 Å². The van der Waals surface area contributed by atoms with Crippen LogP contribution in [0.2, 0.25) is 0 Å². The third-order valence-corrected chi connectivity index (χ3v) is 23.8. The molecule has 0 aliphatic rings.